The normalized spacial score (nSPS) is 19.4. The van der Waals surface area contributed by atoms with Crippen LogP contribution in [0.15, 0.2) is 125 Å². The van der Waals surface area contributed by atoms with Crippen LogP contribution in [0.2, 0.25) is 0 Å². The average molecular weight is 485 g/mol. The molecule has 1 aliphatic rings. The first-order valence-corrected chi connectivity index (χ1v) is 13.4. The van der Waals surface area contributed by atoms with Gasteiger partial charge in [0.25, 0.3) is 10.0 Å². The molecule has 1 fully saturated rings. The van der Waals surface area contributed by atoms with E-state index in [2.05, 4.69) is 12.1 Å². The third-order valence-corrected chi connectivity index (χ3v) is 8.97. The van der Waals surface area contributed by atoms with Crippen molar-refractivity contribution in [3.05, 3.63) is 132 Å². The first-order chi connectivity index (χ1) is 16.5. The molecule has 4 aromatic rings. The smallest absolute Gasteiger partial charge is 0.235 e. The fourth-order valence-electron chi connectivity index (χ4n) is 4.09. The lowest BCUT2D eigenvalue weighted by Crippen LogP contribution is -2.35. The predicted molar refractivity (Wildman–Crippen MR) is 140 cm³/mol. The van der Waals surface area contributed by atoms with Crippen LogP contribution in [0.3, 0.4) is 0 Å². The SMILES string of the molecule is Cc1ccc(S(=O)(=O)N2C(=Nc3ccccc3)SC(c3ccccc3)C2c2ccccc2)cc1. The van der Waals surface area contributed by atoms with Gasteiger partial charge in [0.1, 0.15) is 0 Å². The molecule has 170 valence electrons. The lowest BCUT2D eigenvalue weighted by Gasteiger charge is -2.28. The number of aryl methyl sites for hydroxylation is 1. The highest BCUT2D eigenvalue weighted by Crippen LogP contribution is 2.53. The van der Waals surface area contributed by atoms with Crippen LogP contribution >= 0.6 is 11.8 Å². The molecule has 2 atom stereocenters. The van der Waals surface area contributed by atoms with Crippen molar-refractivity contribution in [3.63, 3.8) is 0 Å². The molecule has 2 unspecified atom stereocenters. The monoisotopic (exact) mass is 484 g/mol. The molecular formula is C28H24N2O2S2. The maximum absolute atomic E-state index is 14.1. The summed E-state index contributed by atoms with van der Waals surface area (Å²) in [6.45, 7) is 1.95. The van der Waals surface area contributed by atoms with Crippen molar-refractivity contribution in [1.82, 2.24) is 4.31 Å². The van der Waals surface area contributed by atoms with Crippen molar-refractivity contribution in [2.45, 2.75) is 23.1 Å². The number of rotatable bonds is 5. The van der Waals surface area contributed by atoms with Crippen LogP contribution in [0.4, 0.5) is 5.69 Å². The van der Waals surface area contributed by atoms with Gasteiger partial charge in [-0.25, -0.2) is 17.7 Å². The Balaban J connectivity index is 1.72. The van der Waals surface area contributed by atoms with Gasteiger partial charge < -0.3 is 0 Å². The molecule has 5 rings (SSSR count). The van der Waals surface area contributed by atoms with E-state index >= 15 is 0 Å². The molecule has 4 aromatic carbocycles. The van der Waals surface area contributed by atoms with Gasteiger partial charge in [-0.3, -0.25) is 0 Å². The Labute approximate surface area is 205 Å². The van der Waals surface area contributed by atoms with Gasteiger partial charge in [0.05, 0.1) is 21.9 Å². The first kappa shape index (κ1) is 22.4. The number of thioether (sulfide) groups is 1. The molecule has 1 saturated heterocycles. The topological polar surface area (TPSA) is 49.7 Å². The van der Waals surface area contributed by atoms with Gasteiger partial charge in [0.15, 0.2) is 5.17 Å². The van der Waals surface area contributed by atoms with E-state index in [4.69, 9.17) is 4.99 Å². The third kappa shape index (κ3) is 4.39. The Morgan fingerprint density at radius 1 is 0.706 bits per heavy atom. The molecule has 0 saturated carbocycles. The van der Waals surface area contributed by atoms with Crippen molar-refractivity contribution in [2.24, 2.45) is 4.99 Å². The van der Waals surface area contributed by atoms with E-state index in [-0.39, 0.29) is 10.1 Å². The van der Waals surface area contributed by atoms with Crippen molar-refractivity contribution in [1.29, 1.82) is 0 Å². The standard InChI is InChI=1S/C28H24N2O2S2/c1-21-17-19-25(20-18-21)34(31,32)30-26(22-11-5-2-6-12-22)27(23-13-7-3-8-14-23)33-28(30)29-24-15-9-4-10-16-24/h2-20,26-27H,1H3. The molecule has 1 aliphatic heterocycles. The van der Waals surface area contributed by atoms with Gasteiger partial charge in [-0.05, 0) is 42.3 Å². The number of benzene rings is 4. The minimum atomic E-state index is -3.88. The number of para-hydroxylation sites is 1. The Morgan fingerprint density at radius 2 is 1.24 bits per heavy atom. The van der Waals surface area contributed by atoms with Crippen LogP contribution in [0.1, 0.15) is 28.0 Å². The maximum Gasteiger partial charge on any atom is 0.266 e. The van der Waals surface area contributed by atoms with Gasteiger partial charge in [-0.15, -0.1) is 0 Å². The van der Waals surface area contributed by atoms with E-state index in [1.807, 2.05) is 97.9 Å². The second kappa shape index (κ2) is 9.49. The molecule has 0 spiro atoms. The van der Waals surface area contributed by atoms with Crippen molar-refractivity contribution in [3.8, 4) is 0 Å². The number of sulfonamides is 1. The Hall–Kier alpha value is -3.35. The predicted octanol–water partition coefficient (Wildman–Crippen LogP) is 6.90. The number of aliphatic imine (C=N–C) groups is 1. The highest BCUT2D eigenvalue weighted by atomic mass is 32.2. The van der Waals surface area contributed by atoms with Crippen LogP contribution in [0, 0.1) is 6.92 Å². The van der Waals surface area contributed by atoms with Crippen LogP contribution in [0.5, 0.6) is 0 Å². The van der Waals surface area contributed by atoms with Crippen molar-refractivity contribution < 1.29 is 8.42 Å². The van der Waals surface area contributed by atoms with E-state index in [1.54, 1.807) is 12.1 Å². The Bertz CT molecular complexity index is 1390. The molecular weight excluding hydrogens is 460 g/mol. The summed E-state index contributed by atoms with van der Waals surface area (Å²) < 4.78 is 29.8. The summed E-state index contributed by atoms with van der Waals surface area (Å²) in [5.41, 5.74) is 3.71. The molecule has 0 amide bonds. The highest BCUT2D eigenvalue weighted by Gasteiger charge is 2.47. The summed E-state index contributed by atoms with van der Waals surface area (Å²) in [4.78, 5) is 5.09. The van der Waals surface area contributed by atoms with E-state index in [0.29, 0.717) is 5.17 Å². The third-order valence-electron chi connectivity index (χ3n) is 5.79. The molecule has 6 heteroatoms. The molecule has 34 heavy (non-hydrogen) atoms. The average Bonchev–Trinajstić information content (AvgIpc) is 3.26. The minimum absolute atomic E-state index is 0.147. The summed E-state index contributed by atoms with van der Waals surface area (Å²) >= 11 is 1.49. The zero-order valence-electron chi connectivity index (χ0n) is 18.7. The summed E-state index contributed by atoms with van der Waals surface area (Å²) in [5.74, 6) is 0. The quantitative estimate of drug-likeness (QED) is 0.309. The minimum Gasteiger partial charge on any atom is -0.235 e. The first-order valence-electron chi connectivity index (χ1n) is 11.1. The fourth-order valence-corrected chi connectivity index (χ4v) is 7.39. The number of amidine groups is 1. The molecule has 4 nitrogen and oxygen atoms in total. The van der Waals surface area contributed by atoms with Gasteiger partial charge in [0, 0.05) is 0 Å². The fraction of sp³-hybridized carbons (Fsp3) is 0.107. The van der Waals surface area contributed by atoms with E-state index in [9.17, 15) is 8.42 Å². The molecule has 0 radical (unpaired) electrons. The number of nitrogens with zero attached hydrogens (tertiary/aromatic N) is 2. The van der Waals surface area contributed by atoms with Gasteiger partial charge in [0.2, 0.25) is 0 Å². The molecule has 0 bridgehead atoms. The van der Waals surface area contributed by atoms with E-state index in [0.717, 1.165) is 22.4 Å². The molecule has 1 heterocycles. The second-order valence-electron chi connectivity index (χ2n) is 8.15. The zero-order valence-corrected chi connectivity index (χ0v) is 20.3. The maximum atomic E-state index is 14.1. The summed E-state index contributed by atoms with van der Waals surface area (Å²) in [6, 6.07) is 35.9. The lowest BCUT2D eigenvalue weighted by molar-refractivity contribution is 0.445. The summed E-state index contributed by atoms with van der Waals surface area (Å²) in [7, 11) is -3.88. The van der Waals surface area contributed by atoms with Crippen LogP contribution in [0.25, 0.3) is 0 Å². The van der Waals surface area contributed by atoms with Crippen molar-refractivity contribution in [2.75, 3.05) is 0 Å². The highest BCUT2D eigenvalue weighted by molar-refractivity contribution is 8.15. The summed E-state index contributed by atoms with van der Waals surface area (Å²) in [6.07, 6.45) is 0. The molecule has 0 aliphatic carbocycles. The van der Waals surface area contributed by atoms with Crippen molar-refractivity contribution >= 4 is 32.6 Å². The summed E-state index contributed by atoms with van der Waals surface area (Å²) in [5, 5.41) is 0.320. The molecule has 0 N–H and O–H groups in total. The van der Waals surface area contributed by atoms with Gasteiger partial charge >= 0.3 is 0 Å². The van der Waals surface area contributed by atoms with Gasteiger partial charge in [-0.1, -0.05) is 108 Å². The molecule has 0 aromatic heterocycles. The number of hydrogen-bond donors (Lipinski definition) is 0. The zero-order chi connectivity index (χ0) is 23.5. The van der Waals surface area contributed by atoms with E-state index < -0.39 is 16.1 Å². The second-order valence-corrected chi connectivity index (χ2v) is 11.1. The van der Waals surface area contributed by atoms with E-state index in [1.165, 1.54) is 16.1 Å². The Kier molecular flexibility index (Phi) is 6.26. The lowest BCUT2D eigenvalue weighted by atomic mass is 9.98. The number of hydrogen-bond acceptors (Lipinski definition) is 4. The van der Waals surface area contributed by atoms with Gasteiger partial charge in [-0.2, -0.15) is 0 Å². The largest absolute Gasteiger partial charge is 0.266 e. The Morgan fingerprint density at radius 3 is 1.82 bits per heavy atom. The van der Waals surface area contributed by atoms with Crippen LogP contribution in [-0.2, 0) is 10.0 Å². The van der Waals surface area contributed by atoms with Crippen LogP contribution < -0.4 is 0 Å². The van der Waals surface area contributed by atoms with Crippen LogP contribution in [-0.4, -0.2) is 17.9 Å².